The molecule has 1 saturated heterocycles. The molecular formula is C35H32ClF3N6O4S. The summed E-state index contributed by atoms with van der Waals surface area (Å²) >= 11 is 7.65. The molecule has 0 radical (unpaired) electrons. The van der Waals surface area contributed by atoms with Crippen molar-refractivity contribution in [3.63, 3.8) is 0 Å². The van der Waals surface area contributed by atoms with Crippen LogP contribution in [0.1, 0.15) is 45.5 Å². The van der Waals surface area contributed by atoms with Crippen molar-refractivity contribution in [3.8, 4) is 22.9 Å². The van der Waals surface area contributed by atoms with Crippen molar-refractivity contribution in [2.75, 3.05) is 39.8 Å². The van der Waals surface area contributed by atoms with Gasteiger partial charge in [0.1, 0.15) is 24.3 Å². The van der Waals surface area contributed by atoms with E-state index >= 15 is 0 Å². The van der Waals surface area contributed by atoms with Gasteiger partial charge in [0, 0.05) is 59.9 Å². The number of fused-ring (bicyclic) bond motifs is 2. The molecular weight excluding hydrogens is 693 g/mol. The number of hydrogen-bond acceptors (Lipinski definition) is 9. The number of aromatic nitrogens is 3. The fourth-order valence-electron chi connectivity index (χ4n) is 6.24. The molecule has 0 saturated carbocycles. The van der Waals surface area contributed by atoms with Gasteiger partial charge in [-0.15, -0.1) is 11.3 Å². The first-order valence-electron chi connectivity index (χ1n) is 15.8. The van der Waals surface area contributed by atoms with Crippen LogP contribution in [0.4, 0.5) is 13.2 Å². The molecule has 0 bridgehead atoms. The van der Waals surface area contributed by atoms with Gasteiger partial charge in [-0.25, -0.2) is 9.78 Å². The van der Waals surface area contributed by atoms with Crippen LogP contribution in [-0.2, 0) is 25.7 Å². The summed E-state index contributed by atoms with van der Waals surface area (Å²) in [6, 6.07) is 9.67. The first kappa shape index (κ1) is 35.3. The van der Waals surface area contributed by atoms with Crippen LogP contribution < -0.4 is 10.3 Å². The zero-order chi connectivity index (χ0) is 35.9. The number of benzene rings is 2. The van der Waals surface area contributed by atoms with E-state index in [-0.39, 0.29) is 53.1 Å². The average molecular weight is 725 g/mol. The summed E-state index contributed by atoms with van der Waals surface area (Å²) in [6.45, 7) is 5.62. The molecule has 0 spiro atoms. The molecule has 5 aromatic rings. The van der Waals surface area contributed by atoms with Crippen molar-refractivity contribution in [3.05, 3.63) is 84.9 Å². The van der Waals surface area contributed by atoms with Gasteiger partial charge in [-0.3, -0.25) is 19.2 Å². The van der Waals surface area contributed by atoms with E-state index in [1.54, 1.807) is 23.6 Å². The number of thiophene rings is 1. The number of carbonyl (C=O) groups is 1. The van der Waals surface area contributed by atoms with E-state index in [4.69, 9.17) is 16.3 Å². The van der Waals surface area contributed by atoms with E-state index in [1.807, 2.05) is 31.0 Å². The van der Waals surface area contributed by atoms with E-state index in [0.29, 0.717) is 70.4 Å². The summed E-state index contributed by atoms with van der Waals surface area (Å²) in [5, 5.41) is 21.7. The zero-order valence-electron chi connectivity index (χ0n) is 27.4. The van der Waals surface area contributed by atoms with Crippen LogP contribution in [0.3, 0.4) is 0 Å². The zero-order valence-corrected chi connectivity index (χ0v) is 29.0. The number of aryl methyl sites for hydroxylation is 2. The minimum absolute atomic E-state index is 0.0243. The number of likely N-dealkylation sites (N-methyl/N-ethyl adjacent to an activating group) is 1. The first-order valence-corrected chi connectivity index (χ1v) is 17.1. The largest absolute Gasteiger partial charge is 0.491 e. The van der Waals surface area contributed by atoms with Crippen LogP contribution in [0.15, 0.2) is 40.5 Å². The third-order valence-corrected chi connectivity index (χ3v) is 10.2. The first-order chi connectivity index (χ1) is 23.8. The van der Waals surface area contributed by atoms with E-state index in [1.165, 1.54) is 22.8 Å². The Morgan fingerprint density at radius 1 is 1.14 bits per heavy atom. The number of nitrogens with zero attached hydrogens (tertiary/aromatic N) is 6. The second-order valence-electron chi connectivity index (χ2n) is 12.1. The number of hydrogen-bond donors (Lipinski definition) is 1. The molecule has 2 aromatic carbocycles. The highest BCUT2D eigenvalue weighted by atomic mass is 35.5. The second-order valence-corrected chi connectivity index (χ2v) is 13.4. The van der Waals surface area contributed by atoms with Crippen LogP contribution in [-0.4, -0.2) is 75.2 Å². The van der Waals surface area contributed by atoms with Crippen molar-refractivity contribution in [2.24, 2.45) is 0 Å². The van der Waals surface area contributed by atoms with Crippen LogP contribution in [0.25, 0.3) is 32.2 Å². The Bertz CT molecular complexity index is 2240. The van der Waals surface area contributed by atoms with Crippen molar-refractivity contribution < 1.29 is 27.8 Å². The maximum absolute atomic E-state index is 14.4. The lowest BCUT2D eigenvalue weighted by Crippen LogP contribution is -2.44. The highest BCUT2D eigenvalue weighted by Crippen LogP contribution is 2.41. The fourth-order valence-corrected chi connectivity index (χ4v) is 7.43. The van der Waals surface area contributed by atoms with E-state index in [2.05, 4.69) is 14.9 Å². The van der Waals surface area contributed by atoms with Crippen LogP contribution in [0.5, 0.6) is 5.75 Å². The Hall–Kier alpha value is -4.55. The van der Waals surface area contributed by atoms with Gasteiger partial charge in [-0.1, -0.05) is 18.5 Å². The van der Waals surface area contributed by atoms with Crippen LogP contribution in [0.2, 0.25) is 5.02 Å². The van der Waals surface area contributed by atoms with Crippen LogP contribution >= 0.6 is 22.9 Å². The third-order valence-electron chi connectivity index (χ3n) is 8.91. The normalized spacial score (nSPS) is 14.4. The highest BCUT2D eigenvalue weighted by molar-refractivity contribution is 7.18. The third kappa shape index (κ3) is 6.78. The molecule has 4 heterocycles. The van der Waals surface area contributed by atoms with Gasteiger partial charge in [0.2, 0.25) is 0 Å². The Morgan fingerprint density at radius 3 is 2.54 bits per heavy atom. The lowest BCUT2D eigenvalue weighted by atomic mass is 9.96. The lowest BCUT2D eigenvalue weighted by Gasteiger charge is -2.33. The minimum atomic E-state index is -4.76. The predicted molar refractivity (Wildman–Crippen MR) is 185 cm³/mol. The smallest absolute Gasteiger partial charge is 0.416 e. The monoisotopic (exact) mass is 724 g/mol. The predicted octanol–water partition coefficient (Wildman–Crippen LogP) is 6.61. The molecule has 0 amide bonds. The number of alkyl halides is 3. The molecule has 0 aliphatic carbocycles. The van der Waals surface area contributed by atoms with Gasteiger partial charge >= 0.3 is 12.1 Å². The number of nitriles is 1. The highest BCUT2D eigenvalue weighted by Gasteiger charge is 2.37. The number of pyridine rings is 1. The maximum Gasteiger partial charge on any atom is 0.416 e. The molecule has 0 atom stereocenters. The molecule has 0 unspecified atom stereocenters. The number of carboxylic acids is 1. The number of rotatable bonds is 9. The molecule has 3 aromatic heterocycles. The van der Waals surface area contributed by atoms with Gasteiger partial charge in [0.15, 0.2) is 0 Å². The van der Waals surface area contributed by atoms with Crippen molar-refractivity contribution in [2.45, 2.75) is 39.5 Å². The summed E-state index contributed by atoms with van der Waals surface area (Å²) in [4.78, 5) is 38.7. The molecule has 50 heavy (non-hydrogen) atoms. The quantitative estimate of drug-likeness (QED) is 0.179. The Morgan fingerprint density at radius 2 is 1.88 bits per heavy atom. The molecule has 1 N–H and O–H groups in total. The SMILES string of the molecule is CCc1cc(-c2cc(Cl)ccc2OCCn2c(C)nc3cc(C(F)(F)F)c(CN4CCN(C)CC4)c(C#N)c3c2=O)c2scc(C(=O)O)c2n1. The summed E-state index contributed by atoms with van der Waals surface area (Å²) in [5.74, 6) is -0.513. The van der Waals surface area contributed by atoms with Gasteiger partial charge in [-0.2, -0.15) is 18.4 Å². The summed E-state index contributed by atoms with van der Waals surface area (Å²) in [6.07, 6.45) is -4.20. The molecule has 15 heteroatoms. The summed E-state index contributed by atoms with van der Waals surface area (Å²) in [5.41, 5.74) is 0.0549. The number of piperazine rings is 1. The van der Waals surface area contributed by atoms with Crippen molar-refractivity contribution >= 4 is 50.0 Å². The maximum atomic E-state index is 14.4. The lowest BCUT2D eigenvalue weighted by molar-refractivity contribution is -0.138. The number of ether oxygens (including phenoxy) is 1. The number of aromatic carboxylic acids is 1. The molecule has 260 valence electrons. The van der Waals surface area contributed by atoms with Gasteiger partial charge in [0.25, 0.3) is 5.56 Å². The van der Waals surface area contributed by atoms with Crippen LogP contribution in [0, 0.1) is 18.3 Å². The molecule has 1 fully saturated rings. The molecule has 1 aliphatic heterocycles. The molecule has 1 aliphatic rings. The minimum Gasteiger partial charge on any atom is -0.491 e. The Kier molecular flexibility index (Phi) is 9.87. The average Bonchev–Trinajstić information content (AvgIpc) is 3.51. The van der Waals surface area contributed by atoms with Crippen molar-refractivity contribution in [1.29, 1.82) is 5.26 Å². The number of halogens is 4. The van der Waals surface area contributed by atoms with Gasteiger partial charge in [0.05, 0.1) is 44.4 Å². The van der Waals surface area contributed by atoms with Gasteiger partial charge < -0.3 is 14.7 Å². The summed E-state index contributed by atoms with van der Waals surface area (Å²) < 4.78 is 51.2. The van der Waals surface area contributed by atoms with E-state index in [0.717, 1.165) is 6.07 Å². The van der Waals surface area contributed by atoms with Gasteiger partial charge in [-0.05, 0) is 56.3 Å². The second kappa shape index (κ2) is 14.0. The van der Waals surface area contributed by atoms with E-state index in [9.17, 15) is 33.1 Å². The Labute approximate surface area is 293 Å². The molecule has 6 rings (SSSR count). The molecule has 10 nitrogen and oxygen atoms in total. The summed E-state index contributed by atoms with van der Waals surface area (Å²) in [7, 11) is 1.93. The van der Waals surface area contributed by atoms with E-state index < -0.39 is 23.3 Å². The fraction of sp³-hybridized carbons (Fsp3) is 0.343. The number of carboxylic acid groups (broad SMARTS) is 1. The van der Waals surface area contributed by atoms with Crippen molar-refractivity contribution in [1.82, 2.24) is 24.3 Å². The Balaban J connectivity index is 1.37. The topological polar surface area (TPSA) is 125 Å². The standard InChI is InChI=1S/C35H32ClF3N6O4S/c1-4-21-14-23(32-31(42-21)26(18-50-32)34(47)48)22-13-20(36)5-6-29(22)49-12-11-45-19(2)41-28-15-27(35(37,38)39)25(24(16-40)30(28)33(45)46)17-44-9-7-43(3)8-10-44/h5-6,13-15,18H,4,7-12,17H2,1-3H3,(H,47,48).